The molecular formula is C13H18BrNO3S. The Morgan fingerprint density at radius 2 is 2.21 bits per heavy atom. The predicted molar refractivity (Wildman–Crippen MR) is 78.5 cm³/mol. The maximum atomic E-state index is 12.1. The number of nitrogens with zero attached hydrogens (tertiary/aromatic N) is 1. The minimum atomic E-state index is -3.16. The molecule has 0 radical (unpaired) electrons. The quantitative estimate of drug-likeness (QED) is 0.842. The van der Waals surface area contributed by atoms with E-state index in [9.17, 15) is 8.42 Å². The van der Waals surface area contributed by atoms with Crippen molar-refractivity contribution in [2.75, 3.05) is 19.4 Å². The van der Waals surface area contributed by atoms with Crippen LogP contribution in [-0.2, 0) is 21.3 Å². The van der Waals surface area contributed by atoms with Crippen LogP contribution >= 0.6 is 15.9 Å². The van der Waals surface area contributed by atoms with Crippen LogP contribution in [0.1, 0.15) is 17.5 Å². The van der Waals surface area contributed by atoms with Crippen LogP contribution in [0.3, 0.4) is 0 Å². The van der Waals surface area contributed by atoms with Gasteiger partial charge in [-0.3, -0.25) is 0 Å². The Morgan fingerprint density at radius 1 is 1.47 bits per heavy atom. The second-order valence-corrected chi connectivity index (χ2v) is 7.83. The van der Waals surface area contributed by atoms with Gasteiger partial charge in [0.25, 0.3) is 0 Å². The summed E-state index contributed by atoms with van der Waals surface area (Å²) in [4.78, 5) is 0. The van der Waals surface area contributed by atoms with Crippen molar-refractivity contribution in [2.45, 2.75) is 26.0 Å². The summed E-state index contributed by atoms with van der Waals surface area (Å²) in [6, 6.07) is 5.92. The van der Waals surface area contributed by atoms with E-state index in [1.165, 1.54) is 4.31 Å². The van der Waals surface area contributed by atoms with E-state index < -0.39 is 10.0 Å². The molecule has 1 saturated heterocycles. The summed E-state index contributed by atoms with van der Waals surface area (Å²) in [7, 11) is -1.53. The van der Waals surface area contributed by atoms with E-state index in [0.29, 0.717) is 19.5 Å². The number of benzene rings is 1. The van der Waals surface area contributed by atoms with E-state index >= 15 is 0 Å². The van der Waals surface area contributed by atoms with Crippen LogP contribution in [-0.4, -0.2) is 38.2 Å². The fraction of sp³-hybridized carbons (Fsp3) is 0.538. The lowest BCUT2D eigenvalue weighted by atomic mass is 10.1. The molecule has 0 aliphatic carbocycles. The molecule has 0 spiro atoms. The van der Waals surface area contributed by atoms with Gasteiger partial charge < -0.3 is 4.74 Å². The van der Waals surface area contributed by atoms with Crippen LogP contribution in [0.5, 0.6) is 0 Å². The zero-order chi connectivity index (χ0) is 14.0. The molecule has 0 N–H and O–H groups in total. The largest absolute Gasteiger partial charge is 0.380 e. The molecule has 0 aromatic heterocycles. The van der Waals surface area contributed by atoms with E-state index in [1.807, 2.05) is 25.1 Å². The van der Waals surface area contributed by atoms with Gasteiger partial charge in [0.05, 0.1) is 11.9 Å². The first-order valence-electron chi connectivity index (χ1n) is 6.18. The first-order chi connectivity index (χ1) is 8.92. The Bertz CT molecular complexity index is 559. The van der Waals surface area contributed by atoms with Crippen LogP contribution in [0.25, 0.3) is 0 Å². The summed E-state index contributed by atoms with van der Waals surface area (Å²) < 4.78 is 32.0. The van der Waals surface area contributed by atoms with Gasteiger partial charge in [-0.25, -0.2) is 8.42 Å². The third-order valence-electron chi connectivity index (χ3n) is 3.49. The second kappa shape index (κ2) is 5.91. The van der Waals surface area contributed by atoms with E-state index in [-0.39, 0.29) is 11.9 Å². The van der Waals surface area contributed by atoms with E-state index in [4.69, 9.17) is 4.74 Å². The van der Waals surface area contributed by atoms with Crippen LogP contribution in [0.2, 0.25) is 0 Å². The number of methoxy groups -OCH3 is 1. The summed E-state index contributed by atoms with van der Waals surface area (Å²) in [6.07, 6.45) is 0.572. The Labute approximate surface area is 122 Å². The second-order valence-electron chi connectivity index (χ2n) is 4.83. The standard InChI is InChI=1S/C13H18BrNO3S/c1-10-3-4-12(14)7-11(10)8-15-9-13(18-2)5-6-19(15,16)17/h3-4,7,13H,5-6,8-9H2,1-2H3. The first-order valence-corrected chi connectivity index (χ1v) is 8.58. The summed E-state index contributed by atoms with van der Waals surface area (Å²) in [5, 5.41) is 0. The normalized spacial score (nSPS) is 23.4. The van der Waals surface area contributed by atoms with E-state index in [0.717, 1.165) is 15.6 Å². The van der Waals surface area contributed by atoms with Crippen molar-refractivity contribution in [1.82, 2.24) is 4.31 Å². The fourth-order valence-electron chi connectivity index (χ4n) is 2.20. The van der Waals surface area contributed by atoms with Crippen molar-refractivity contribution in [3.63, 3.8) is 0 Å². The lowest BCUT2D eigenvalue weighted by Crippen LogP contribution is -2.44. The van der Waals surface area contributed by atoms with Gasteiger partial charge in [0, 0.05) is 24.7 Å². The highest BCUT2D eigenvalue weighted by atomic mass is 79.9. The van der Waals surface area contributed by atoms with Crippen LogP contribution in [0, 0.1) is 6.92 Å². The number of sulfonamides is 1. The van der Waals surface area contributed by atoms with Gasteiger partial charge in [-0.1, -0.05) is 22.0 Å². The lowest BCUT2D eigenvalue weighted by molar-refractivity contribution is 0.0739. The molecule has 1 aliphatic rings. The van der Waals surface area contributed by atoms with Crippen LogP contribution in [0.15, 0.2) is 22.7 Å². The maximum Gasteiger partial charge on any atom is 0.214 e. The molecule has 1 aliphatic heterocycles. The molecule has 1 aromatic carbocycles. The molecule has 4 nitrogen and oxygen atoms in total. The lowest BCUT2D eigenvalue weighted by Gasteiger charge is -2.31. The first kappa shape index (κ1) is 15.0. The molecular weight excluding hydrogens is 330 g/mol. The van der Waals surface area contributed by atoms with Crippen LogP contribution < -0.4 is 0 Å². The number of hydrogen-bond acceptors (Lipinski definition) is 3. The van der Waals surface area contributed by atoms with Gasteiger partial charge >= 0.3 is 0 Å². The molecule has 1 heterocycles. The molecule has 1 atom stereocenters. The minimum Gasteiger partial charge on any atom is -0.380 e. The molecule has 1 aromatic rings. The molecule has 1 fully saturated rings. The van der Waals surface area contributed by atoms with Gasteiger partial charge in [-0.2, -0.15) is 4.31 Å². The average molecular weight is 348 g/mol. The number of aryl methyl sites for hydroxylation is 1. The number of rotatable bonds is 3. The Hall–Kier alpha value is -0.430. The topological polar surface area (TPSA) is 46.6 Å². The molecule has 19 heavy (non-hydrogen) atoms. The number of halogens is 1. The predicted octanol–water partition coefficient (Wildman–Crippen LogP) is 2.31. The van der Waals surface area contributed by atoms with E-state index in [2.05, 4.69) is 15.9 Å². The van der Waals surface area contributed by atoms with E-state index in [1.54, 1.807) is 7.11 Å². The van der Waals surface area contributed by atoms with Crippen molar-refractivity contribution in [2.24, 2.45) is 0 Å². The summed E-state index contributed by atoms with van der Waals surface area (Å²) in [6.45, 7) is 2.84. The smallest absolute Gasteiger partial charge is 0.214 e. The average Bonchev–Trinajstić information content (AvgIpc) is 2.36. The van der Waals surface area contributed by atoms with Gasteiger partial charge in [0.1, 0.15) is 0 Å². The third kappa shape index (κ3) is 3.56. The fourth-order valence-corrected chi connectivity index (χ4v) is 4.15. The SMILES string of the molecule is COC1CCS(=O)(=O)N(Cc2cc(Br)ccc2C)C1. The van der Waals surface area contributed by atoms with Gasteiger partial charge in [-0.05, 0) is 36.6 Å². The molecule has 0 saturated carbocycles. The summed E-state index contributed by atoms with van der Waals surface area (Å²) in [5.74, 6) is 0.165. The highest BCUT2D eigenvalue weighted by Gasteiger charge is 2.31. The summed E-state index contributed by atoms with van der Waals surface area (Å²) in [5.41, 5.74) is 2.12. The van der Waals surface area contributed by atoms with Gasteiger partial charge in [0.2, 0.25) is 10.0 Å². The molecule has 0 bridgehead atoms. The summed E-state index contributed by atoms with van der Waals surface area (Å²) >= 11 is 3.42. The van der Waals surface area contributed by atoms with Crippen molar-refractivity contribution < 1.29 is 13.2 Å². The molecule has 106 valence electrons. The molecule has 1 unspecified atom stereocenters. The Balaban J connectivity index is 2.22. The monoisotopic (exact) mass is 347 g/mol. The van der Waals surface area contributed by atoms with Crippen molar-refractivity contribution in [3.8, 4) is 0 Å². The highest BCUT2D eigenvalue weighted by molar-refractivity contribution is 9.10. The van der Waals surface area contributed by atoms with Crippen molar-refractivity contribution in [1.29, 1.82) is 0 Å². The minimum absolute atomic E-state index is 0.00372. The number of hydrogen-bond donors (Lipinski definition) is 0. The van der Waals surface area contributed by atoms with Crippen molar-refractivity contribution in [3.05, 3.63) is 33.8 Å². The molecule has 2 rings (SSSR count). The zero-order valence-corrected chi connectivity index (χ0v) is 13.5. The highest BCUT2D eigenvalue weighted by Crippen LogP contribution is 2.22. The Kier molecular flexibility index (Phi) is 4.66. The van der Waals surface area contributed by atoms with Gasteiger partial charge in [-0.15, -0.1) is 0 Å². The van der Waals surface area contributed by atoms with Crippen LogP contribution in [0.4, 0.5) is 0 Å². The maximum absolute atomic E-state index is 12.1. The Morgan fingerprint density at radius 3 is 2.89 bits per heavy atom. The van der Waals surface area contributed by atoms with Crippen molar-refractivity contribution >= 4 is 26.0 Å². The zero-order valence-electron chi connectivity index (χ0n) is 11.1. The third-order valence-corrected chi connectivity index (χ3v) is 5.80. The van der Waals surface area contributed by atoms with Gasteiger partial charge in [0.15, 0.2) is 0 Å². The number of ether oxygens (including phenoxy) is 1. The molecule has 0 amide bonds. The molecule has 6 heteroatoms.